The van der Waals surface area contributed by atoms with Gasteiger partial charge in [-0.3, -0.25) is 9.47 Å². The molecule has 0 bridgehead atoms. The van der Waals surface area contributed by atoms with Gasteiger partial charge in [-0.15, -0.1) is 6.42 Å². The van der Waals surface area contributed by atoms with Crippen molar-refractivity contribution >= 4 is 22.6 Å². The maximum atomic E-state index is 15.2. The van der Waals surface area contributed by atoms with E-state index in [4.69, 9.17) is 21.6 Å². The highest BCUT2D eigenvalue weighted by atomic mass is 19.1. The van der Waals surface area contributed by atoms with Crippen molar-refractivity contribution in [3.05, 3.63) is 63.4 Å². The number of fused-ring (bicyclic) bond motifs is 1. The number of halogens is 1. The molecule has 0 radical (unpaired) electrons. The number of imidazole rings is 1. The first kappa shape index (κ1) is 26.1. The summed E-state index contributed by atoms with van der Waals surface area (Å²) in [6.45, 7) is 5.67. The Hall–Kier alpha value is -3.94. The van der Waals surface area contributed by atoms with Crippen LogP contribution in [0.15, 0.2) is 40.7 Å². The van der Waals surface area contributed by atoms with Crippen LogP contribution in [-0.4, -0.2) is 64.4 Å². The Labute approximate surface area is 214 Å². The minimum absolute atomic E-state index is 0.00231. The molecule has 37 heavy (non-hydrogen) atoms. The average Bonchev–Trinajstić information content (AvgIpc) is 3.49. The number of aromatic nitrogens is 4. The van der Waals surface area contributed by atoms with Gasteiger partial charge in [0.1, 0.15) is 17.9 Å². The molecular formula is C27H31FN6O3. The molecule has 0 unspecified atom stereocenters. The molecule has 10 heteroatoms. The number of terminal acetylenes is 1. The van der Waals surface area contributed by atoms with Gasteiger partial charge in [0.2, 0.25) is 0 Å². The van der Waals surface area contributed by atoms with Gasteiger partial charge < -0.3 is 20.2 Å². The van der Waals surface area contributed by atoms with E-state index in [1.54, 1.807) is 19.2 Å². The van der Waals surface area contributed by atoms with E-state index < -0.39 is 11.5 Å². The Bertz CT molecular complexity index is 1430. The van der Waals surface area contributed by atoms with Gasteiger partial charge in [-0.25, -0.2) is 9.18 Å². The number of hydrogen-bond acceptors (Lipinski definition) is 7. The van der Waals surface area contributed by atoms with Crippen molar-refractivity contribution in [2.45, 2.75) is 26.3 Å². The normalized spacial score (nSPS) is 14.9. The van der Waals surface area contributed by atoms with Crippen molar-refractivity contribution in [3.8, 4) is 18.4 Å². The zero-order valence-electron chi connectivity index (χ0n) is 21.1. The molecule has 0 aliphatic carbocycles. The number of allylic oxidation sites excluding steroid dienone is 3. The number of nitrogens with two attached hydrogens (primary N) is 1. The van der Waals surface area contributed by atoms with Crippen molar-refractivity contribution in [2.24, 2.45) is 0 Å². The van der Waals surface area contributed by atoms with Crippen LogP contribution in [-0.2, 0) is 11.3 Å². The first-order valence-corrected chi connectivity index (χ1v) is 12.1. The van der Waals surface area contributed by atoms with E-state index >= 15 is 4.39 Å². The summed E-state index contributed by atoms with van der Waals surface area (Å²) >= 11 is 0. The highest BCUT2D eigenvalue weighted by Gasteiger charge is 2.17. The molecule has 0 amide bonds. The van der Waals surface area contributed by atoms with Crippen molar-refractivity contribution in [1.82, 2.24) is 24.4 Å². The van der Waals surface area contributed by atoms with E-state index in [2.05, 4.69) is 32.7 Å². The molecule has 0 spiro atoms. The van der Waals surface area contributed by atoms with E-state index in [9.17, 15) is 4.79 Å². The monoisotopic (exact) mass is 506 g/mol. The lowest BCUT2D eigenvalue weighted by Gasteiger charge is -2.14. The molecule has 1 saturated heterocycles. The molecule has 0 atom stereocenters. The molecule has 2 aromatic heterocycles. The Morgan fingerprint density at radius 3 is 2.76 bits per heavy atom. The van der Waals surface area contributed by atoms with E-state index in [0.29, 0.717) is 23.3 Å². The largest absolute Gasteiger partial charge is 0.461 e. The van der Waals surface area contributed by atoms with E-state index in [1.807, 2.05) is 12.2 Å². The van der Waals surface area contributed by atoms with Crippen molar-refractivity contribution < 1.29 is 13.9 Å². The van der Waals surface area contributed by atoms with E-state index in [0.717, 1.165) is 19.6 Å². The van der Waals surface area contributed by atoms with Crippen molar-refractivity contribution in [1.29, 1.82) is 0 Å². The summed E-state index contributed by atoms with van der Waals surface area (Å²) in [5.74, 6) is 2.22. The molecule has 9 nitrogen and oxygen atoms in total. The summed E-state index contributed by atoms with van der Waals surface area (Å²) in [4.78, 5) is 26.0. The fourth-order valence-electron chi connectivity index (χ4n) is 4.27. The minimum atomic E-state index is -0.490. The number of nitrogen functional groups attached to an aromatic ring is 1. The van der Waals surface area contributed by atoms with E-state index in [-0.39, 0.29) is 36.1 Å². The summed E-state index contributed by atoms with van der Waals surface area (Å²) in [6.07, 6.45) is 12.0. The third kappa shape index (κ3) is 6.25. The van der Waals surface area contributed by atoms with Crippen LogP contribution in [0.2, 0.25) is 0 Å². The third-order valence-electron chi connectivity index (χ3n) is 6.20. The first-order chi connectivity index (χ1) is 17.9. The van der Waals surface area contributed by atoms with Gasteiger partial charge in [0.15, 0.2) is 11.5 Å². The van der Waals surface area contributed by atoms with Crippen molar-refractivity contribution in [3.63, 3.8) is 0 Å². The topological polar surface area (TPSA) is 111 Å². The van der Waals surface area contributed by atoms with Crippen LogP contribution in [0.1, 0.15) is 30.9 Å². The molecule has 1 fully saturated rings. The van der Waals surface area contributed by atoms with Crippen LogP contribution < -0.4 is 16.2 Å². The summed E-state index contributed by atoms with van der Waals surface area (Å²) in [6, 6.07) is 4.74. The van der Waals surface area contributed by atoms with Crippen molar-refractivity contribution in [2.75, 3.05) is 45.7 Å². The zero-order valence-corrected chi connectivity index (χ0v) is 21.1. The lowest BCUT2D eigenvalue weighted by atomic mass is 10.0. The molecule has 3 heterocycles. The van der Waals surface area contributed by atoms with Gasteiger partial charge >= 0.3 is 11.7 Å². The second-order valence-electron chi connectivity index (χ2n) is 8.97. The number of nitrogens with one attached hydrogen (secondary N) is 1. The third-order valence-corrected chi connectivity index (χ3v) is 6.20. The average molecular weight is 507 g/mol. The van der Waals surface area contributed by atoms with Crippen LogP contribution in [0.3, 0.4) is 0 Å². The number of hydrogen-bond donors (Lipinski definition) is 2. The Kier molecular flexibility index (Phi) is 8.38. The van der Waals surface area contributed by atoms with Crippen LogP contribution in [0.25, 0.3) is 16.7 Å². The Morgan fingerprint density at radius 2 is 2.05 bits per heavy atom. The molecule has 194 valence electrons. The van der Waals surface area contributed by atoms with Crippen LogP contribution in [0.5, 0.6) is 6.01 Å². The van der Waals surface area contributed by atoms with Gasteiger partial charge in [-0.1, -0.05) is 29.7 Å². The number of aromatic amines is 1. The minimum Gasteiger partial charge on any atom is -0.461 e. The molecule has 1 aromatic carbocycles. The SMILES string of the molecule is C#CC(=CC=C(C)CN1CCCC1)c1ccc(Cn2c(=O)[nH]c3c(N)nc(OCCOC)nc32)c(F)c1. The van der Waals surface area contributed by atoms with Gasteiger partial charge in [0, 0.05) is 24.8 Å². The number of H-pyrrole nitrogens is 1. The standard InChI is InChI=1S/C27H31FN6O3/c1-4-19(8-7-18(2)16-33-11-5-6-12-33)20-9-10-21(22(28)15-20)17-34-25-23(30-27(34)35)24(29)31-26(32-25)37-14-13-36-3/h1,7-10,15H,5-6,11-14,16-17H2,2-3H3,(H,30,35)(H2,29,31,32). The molecule has 3 aromatic rings. The maximum absolute atomic E-state index is 15.2. The lowest BCUT2D eigenvalue weighted by molar-refractivity contribution is 0.141. The molecular weight excluding hydrogens is 475 g/mol. The number of methoxy groups -OCH3 is 1. The second kappa shape index (κ2) is 11.9. The molecule has 1 aliphatic rings. The predicted molar refractivity (Wildman–Crippen MR) is 142 cm³/mol. The predicted octanol–water partition coefficient (Wildman–Crippen LogP) is 2.97. The summed E-state index contributed by atoms with van der Waals surface area (Å²) in [5.41, 5.74) is 8.61. The smallest absolute Gasteiger partial charge is 0.328 e. The number of anilines is 1. The van der Waals surface area contributed by atoms with Crippen LogP contribution in [0, 0.1) is 18.2 Å². The maximum Gasteiger partial charge on any atom is 0.328 e. The van der Waals surface area contributed by atoms with Gasteiger partial charge in [0.25, 0.3) is 0 Å². The molecule has 4 rings (SSSR count). The van der Waals surface area contributed by atoms with Crippen LogP contribution >= 0.6 is 0 Å². The molecule has 1 aliphatic heterocycles. The van der Waals surface area contributed by atoms with Gasteiger partial charge in [-0.05, 0) is 50.6 Å². The second-order valence-corrected chi connectivity index (χ2v) is 8.97. The number of ether oxygens (including phenoxy) is 2. The lowest BCUT2D eigenvalue weighted by Crippen LogP contribution is -2.20. The molecule has 3 N–H and O–H groups in total. The first-order valence-electron chi connectivity index (χ1n) is 12.1. The summed E-state index contributed by atoms with van der Waals surface area (Å²) in [5, 5.41) is 0. The fourth-order valence-corrected chi connectivity index (χ4v) is 4.27. The summed E-state index contributed by atoms with van der Waals surface area (Å²) in [7, 11) is 1.54. The zero-order chi connectivity index (χ0) is 26.4. The number of benzene rings is 1. The number of likely N-dealkylation sites (tertiary alicyclic amines) is 1. The molecule has 0 saturated carbocycles. The highest BCUT2D eigenvalue weighted by molar-refractivity contribution is 5.82. The highest BCUT2D eigenvalue weighted by Crippen LogP contribution is 2.22. The number of rotatable bonds is 10. The quantitative estimate of drug-likeness (QED) is 0.247. The number of nitrogens with zero attached hydrogens (tertiary/aromatic N) is 4. The van der Waals surface area contributed by atoms with Gasteiger partial charge in [0.05, 0.1) is 13.2 Å². The Morgan fingerprint density at radius 1 is 1.27 bits per heavy atom. The summed E-state index contributed by atoms with van der Waals surface area (Å²) < 4.78 is 26.8. The van der Waals surface area contributed by atoms with Gasteiger partial charge in [-0.2, -0.15) is 9.97 Å². The van der Waals surface area contributed by atoms with E-state index in [1.165, 1.54) is 29.0 Å². The Balaban J connectivity index is 1.56. The van der Waals surface area contributed by atoms with Crippen LogP contribution in [0.4, 0.5) is 10.2 Å². The fraction of sp³-hybridized carbons (Fsp3) is 0.370.